The lowest BCUT2D eigenvalue weighted by Crippen LogP contribution is -2.57. The summed E-state index contributed by atoms with van der Waals surface area (Å²) in [6.45, 7) is 9.81. The van der Waals surface area contributed by atoms with Gasteiger partial charge in [-0.2, -0.15) is 0 Å². The van der Waals surface area contributed by atoms with Crippen molar-refractivity contribution >= 4 is 6.09 Å². The van der Waals surface area contributed by atoms with E-state index in [1.807, 2.05) is 25.7 Å². The lowest BCUT2D eigenvalue weighted by atomic mass is 10.0. The van der Waals surface area contributed by atoms with Gasteiger partial charge in [0.05, 0.1) is 0 Å². The van der Waals surface area contributed by atoms with Crippen molar-refractivity contribution in [3.8, 4) is 0 Å². The molecule has 3 saturated heterocycles. The molecule has 2 bridgehead atoms. The van der Waals surface area contributed by atoms with E-state index in [0.29, 0.717) is 18.1 Å². The topological polar surface area (TPSA) is 44.8 Å². The Kier molecular flexibility index (Phi) is 4.14. The maximum atomic E-state index is 12.1. The zero-order valence-electron chi connectivity index (χ0n) is 13.6. The van der Waals surface area contributed by atoms with Gasteiger partial charge in [0.15, 0.2) is 0 Å². The molecule has 0 aromatic rings. The molecule has 0 saturated carbocycles. The number of likely N-dealkylation sites (tertiary alicyclic amines) is 2. The fourth-order valence-electron chi connectivity index (χ4n) is 3.87. The summed E-state index contributed by atoms with van der Waals surface area (Å²) < 4.78 is 5.47. The number of nitrogens with one attached hydrogen (secondary N) is 1. The lowest BCUT2D eigenvalue weighted by Gasteiger charge is -2.42. The van der Waals surface area contributed by atoms with E-state index in [2.05, 4.69) is 10.2 Å². The zero-order valence-corrected chi connectivity index (χ0v) is 13.6. The first-order valence-electron chi connectivity index (χ1n) is 8.39. The Labute approximate surface area is 128 Å². The van der Waals surface area contributed by atoms with E-state index >= 15 is 0 Å². The molecule has 5 heteroatoms. The Balaban J connectivity index is 1.48. The van der Waals surface area contributed by atoms with Crippen LogP contribution in [0.15, 0.2) is 0 Å². The molecule has 2 atom stereocenters. The summed E-state index contributed by atoms with van der Waals surface area (Å²) in [4.78, 5) is 16.6. The van der Waals surface area contributed by atoms with E-state index in [-0.39, 0.29) is 6.09 Å². The Bertz CT molecular complexity index is 373. The van der Waals surface area contributed by atoms with Crippen LogP contribution < -0.4 is 5.32 Å². The van der Waals surface area contributed by atoms with Gasteiger partial charge in [-0.05, 0) is 46.5 Å². The van der Waals surface area contributed by atoms with Gasteiger partial charge in [-0.3, -0.25) is 4.90 Å². The van der Waals surface area contributed by atoms with Crippen molar-refractivity contribution in [1.29, 1.82) is 0 Å². The minimum atomic E-state index is -0.397. The number of piperazine rings is 1. The first kappa shape index (κ1) is 15.1. The molecule has 21 heavy (non-hydrogen) atoms. The standard InChI is InChI=1S/C16H29N3O2/c1-16(2,3)21-15(20)18-8-6-14(7-9-18)19-10-12-4-5-13(11-19)17-12/h12-14,17H,4-11H2,1-3H3/t12-,13+. The summed E-state index contributed by atoms with van der Waals surface area (Å²) in [6.07, 6.45) is 4.68. The van der Waals surface area contributed by atoms with Crippen LogP contribution in [0.2, 0.25) is 0 Å². The molecule has 0 aliphatic carbocycles. The number of rotatable bonds is 1. The summed E-state index contributed by atoms with van der Waals surface area (Å²) >= 11 is 0. The summed E-state index contributed by atoms with van der Waals surface area (Å²) in [5, 5.41) is 3.69. The van der Waals surface area contributed by atoms with E-state index in [1.165, 1.54) is 25.9 Å². The molecule has 0 aromatic heterocycles. The van der Waals surface area contributed by atoms with E-state index in [0.717, 1.165) is 25.9 Å². The molecule has 3 heterocycles. The van der Waals surface area contributed by atoms with Gasteiger partial charge < -0.3 is 15.0 Å². The van der Waals surface area contributed by atoms with Crippen molar-refractivity contribution in [3.05, 3.63) is 0 Å². The smallest absolute Gasteiger partial charge is 0.410 e. The summed E-state index contributed by atoms with van der Waals surface area (Å²) in [5.74, 6) is 0. The maximum absolute atomic E-state index is 12.1. The predicted molar refractivity (Wildman–Crippen MR) is 82.3 cm³/mol. The van der Waals surface area contributed by atoms with E-state index < -0.39 is 5.60 Å². The largest absolute Gasteiger partial charge is 0.444 e. The summed E-state index contributed by atoms with van der Waals surface area (Å²) in [7, 11) is 0. The maximum Gasteiger partial charge on any atom is 0.410 e. The highest BCUT2D eigenvalue weighted by atomic mass is 16.6. The van der Waals surface area contributed by atoms with Gasteiger partial charge in [0, 0.05) is 44.3 Å². The Morgan fingerprint density at radius 2 is 1.62 bits per heavy atom. The number of amides is 1. The van der Waals surface area contributed by atoms with Gasteiger partial charge >= 0.3 is 6.09 Å². The van der Waals surface area contributed by atoms with Crippen molar-refractivity contribution < 1.29 is 9.53 Å². The normalized spacial score (nSPS) is 31.5. The van der Waals surface area contributed by atoms with Crippen molar-refractivity contribution in [2.24, 2.45) is 0 Å². The molecule has 1 amide bonds. The fourth-order valence-corrected chi connectivity index (χ4v) is 3.87. The van der Waals surface area contributed by atoms with Crippen molar-refractivity contribution in [3.63, 3.8) is 0 Å². The lowest BCUT2D eigenvalue weighted by molar-refractivity contribution is 0.0120. The highest BCUT2D eigenvalue weighted by Gasteiger charge is 2.37. The van der Waals surface area contributed by atoms with Crippen LogP contribution in [-0.4, -0.2) is 65.8 Å². The van der Waals surface area contributed by atoms with Crippen LogP contribution in [-0.2, 0) is 4.74 Å². The van der Waals surface area contributed by atoms with Crippen LogP contribution in [0.4, 0.5) is 4.79 Å². The predicted octanol–water partition coefficient (Wildman–Crippen LogP) is 1.82. The van der Waals surface area contributed by atoms with E-state index in [1.54, 1.807) is 0 Å². The molecule has 0 spiro atoms. The van der Waals surface area contributed by atoms with Crippen LogP contribution in [0.1, 0.15) is 46.5 Å². The van der Waals surface area contributed by atoms with Gasteiger partial charge in [0.25, 0.3) is 0 Å². The fraction of sp³-hybridized carbons (Fsp3) is 0.938. The van der Waals surface area contributed by atoms with Crippen LogP contribution in [0.25, 0.3) is 0 Å². The van der Waals surface area contributed by atoms with Gasteiger partial charge in [-0.25, -0.2) is 4.79 Å². The van der Waals surface area contributed by atoms with Crippen molar-refractivity contribution in [2.75, 3.05) is 26.2 Å². The highest BCUT2D eigenvalue weighted by molar-refractivity contribution is 5.68. The Morgan fingerprint density at radius 1 is 1.05 bits per heavy atom. The molecule has 120 valence electrons. The monoisotopic (exact) mass is 295 g/mol. The zero-order chi connectivity index (χ0) is 15.0. The van der Waals surface area contributed by atoms with Gasteiger partial charge in [-0.15, -0.1) is 0 Å². The van der Waals surface area contributed by atoms with E-state index in [4.69, 9.17) is 4.74 Å². The molecule has 3 aliphatic rings. The molecular weight excluding hydrogens is 266 g/mol. The van der Waals surface area contributed by atoms with Gasteiger partial charge in [-0.1, -0.05) is 0 Å². The molecule has 3 rings (SSSR count). The second kappa shape index (κ2) is 5.76. The molecule has 1 N–H and O–H groups in total. The SMILES string of the molecule is CC(C)(C)OC(=O)N1CCC(N2C[C@H]3CC[C@@H](C2)N3)CC1. The van der Waals surface area contributed by atoms with E-state index in [9.17, 15) is 4.79 Å². The second-order valence-corrected chi connectivity index (χ2v) is 7.79. The number of fused-ring (bicyclic) bond motifs is 2. The molecular formula is C16H29N3O2. The number of hydrogen-bond donors (Lipinski definition) is 1. The number of ether oxygens (including phenoxy) is 1. The molecule has 0 radical (unpaired) electrons. The molecule has 3 fully saturated rings. The van der Waals surface area contributed by atoms with Gasteiger partial charge in [0.1, 0.15) is 5.60 Å². The first-order valence-corrected chi connectivity index (χ1v) is 8.39. The average Bonchev–Trinajstić information content (AvgIpc) is 2.76. The number of carbonyl (C=O) groups is 1. The van der Waals surface area contributed by atoms with Crippen LogP contribution >= 0.6 is 0 Å². The quantitative estimate of drug-likeness (QED) is 0.801. The third-order valence-corrected chi connectivity index (χ3v) is 4.88. The van der Waals surface area contributed by atoms with Crippen LogP contribution in [0.5, 0.6) is 0 Å². The number of hydrogen-bond acceptors (Lipinski definition) is 4. The van der Waals surface area contributed by atoms with Crippen LogP contribution in [0, 0.1) is 0 Å². The second-order valence-electron chi connectivity index (χ2n) is 7.79. The number of nitrogens with zero attached hydrogens (tertiary/aromatic N) is 2. The van der Waals surface area contributed by atoms with Crippen LogP contribution in [0.3, 0.4) is 0 Å². The molecule has 5 nitrogen and oxygen atoms in total. The Hall–Kier alpha value is -0.810. The third kappa shape index (κ3) is 3.69. The highest BCUT2D eigenvalue weighted by Crippen LogP contribution is 2.26. The number of piperidine rings is 1. The average molecular weight is 295 g/mol. The number of carbonyl (C=O) groups excluding carboxylic acids is 1. The Morgan fingerprint density at radius 3 is 2.14 bits per heavy atom. The minimum Gasteiger partial charge on any atom is -0.444 e. The minimum absolute atomic E-state index is 0.152. The first-order chi connectivity index (χ1) is 9.90. The van der Waals surface area contributed by atoms with Gasteiger partial charge in [0.2, 0.25) is 0 Å². The summed E-state index contributed by atoms with van der Waals surface area (Å²) in [6, 6.07) is 2.05. The molecule has 3 aliphatic heterocycles. The molecule has 0 unspecified atom stereocenters. The summed E-state index contributed by atoms with van der Waals surface area (Å²) in [5.41, 5.74) is -0.397. The third-order valence-electron chi connectivity index (χ3n) is 4.88. The molecule has 0 aromatic carbocycles. The van der Waals surface area contributed by atoms with Crippen molar-refractivity contribution in [1.82, 2.24) is 15.1 Å². The van der Waals surface area contributed by atoms with Crippen molar-refractivity contribution in [2.45, 2.75) is 70.2 Å².